The molecular formula is C26H20N2O9. The minimum absolute atomic E-state index is 0.102. The molecule has 0 aliphatic carbocycles. The third-order valence-corrected chi connectivity index (χ3v) is 5.81. The molecule has 0 spiro atoms. The lowest BCUT2D eigenvalue weighted by Gasteiger charge is -2.21. The number of esters is 1. The number of nitro groups is 1. The number of rotatable bonds is 9. The lowest BCUT2D eigenvalue weighted by atomic mass is 9.84. The van der Waals surface area contributed by atoms with Gasteiger partial charge in [0.2, 0.25) is 5.78 Å². The van der Waals surface area contributed by atoms with E-state index in [1.54, 1.807) is 18.2 Å². The van der Waals surface area contributed by atoms with Crippen LogP contribution in [0.25, 0.3) is 0 Å². The molecule has 0 unspecified atom stereocenters. The highest BCUT2D eigenvalue weighted by Crippen LogP contribution is 2.39. The first-order chi connectivity index (χ1) is 17.7. The van der Waals surface area contributed by atoms with E-state index >= 15 is 0 Å². The summed E-state index contributed by atoms with van der Waals surface area (Å²) < 4.78 is 15.7. The van der Waals surface area contributed by atoms with Gasteiger partial charge in [-0.15, -0.1) is 0 Å². The van der Waals surface area contributed by atoms with Crippen LogP contribution in [-0.4, -0.2) is 42.6 Å². The van der Waals surface area contributed by atoms with Crippen LogP contribution in [0.5, 0.6) is 11.5 Å². The molecule has 0 saturated carbocycles. The number of Topliss-reactive ketones (excluding diaryl/α,β-unsaturated/α-hetero) is 2. The highest BCUT2D eigenvalue weighted by atomic mass is 16.6. The molecule has 0 radical (unpaired) electrons. The topological polar surface area (TPSA) is 151 Å². The number of nitrogens with zero attached hydrogens (tertiary/aromatic N) is 1. The van der Waals surface area contributed by atoms with Gasteiger partial charge in [0.15, 0.2) is 5.78 Å². The summed E-state index contributed by atoms with van der Waals surface area (Å²) in [7, 11) is 2.78. The number of ketones is 2. The van der Waals surface area contributed by atoms with Crippen molar-refractivity contribution in [2.45, 2.75) is 6.10 Å². The number of carbonyl (C=O) groups excluding carboxylic acids is 4. The first-order valence-electron chi connectivity index (χ1n) is 10.9. The largest absolute Gasteiger partial charge is 0.497 e. The zero-order chi connectivity index (χ0) is 26.7. The highest BCUT2D eigenvalue weighted by molar-refractivity contribution is 6.45. The second-order valence-corrected chi connectivity index (χ2v) is 7.95. The fourth-order valence-corrected chi connectivity index (χ4v) is 4.00. The molecule has 188 valence electrons. The van der Waals surface area contributed by atoms with Crippen LogP contribution in [-0.2, 0) is 14.3 Å². The summed E-state index contributed by atoms with van der Waals surface area (Å²) in [6.07, 6.45) is -1.42. The van der Waals surface area contributed by atoms with Gasteiger partial charge in [-0.1, -0.05) is 30.3 Å². The number of cyclic esters (lactones) is 1. The number of hydrogen-bond acceptors (Lipinski definition) is 9. The molecule has 1 aliphatic heterocycles. The Balaban J connectivity index is 1.75. The average Bonchev–Trinajstić information content (AvgIpc) is 3.24. The molecule has 3 aromatic rings. The molecule has 1 amide bonds. The molecule has 11 nitrogen and oxygen atoms in total. The quantitative estimate of drug-likeness (QED) is 0.115. The molecule has 2 atom stereocenters. The predicted molar refractivity (Wildman–Crippen MR) is 129 cm³/mol. The van der Waals surface area contributed by atoms with Crippen molar-refractivity contribution in [3.63, 3.8) is 0 Å². The van der Waals surface area contributed by atoms with Crippen LogP contribution in [0.4, 0.5) is 11.4 Å². The number of anilines is 1. The fraction of sp³-hybridized carbons (Fsp3) is 0.154. The summed E-state index contributed by atoms with van der Waals surface area (Å²) in [5, 5.41) is 13.7. The maximum atomic E-state index is 13.6. The van der Waals surface area contributed by atoms with Crippen LogP contribution in [0.1, 0.15) is 32.4 Å². The molecule has 11 heteroatoms. The monoisotopic (exact) mass is 504 g/mol. The standard InChI is InChI=1S/C26H20N2O9/c1-35-16-10-11-20(36-2)19(13-16)27-25(31)23(30)21(22(29)14-6-5-7-15(12-14)28(33)34)24-17-8-3-4-9-18(17)26(32)37-24/h3-13,21,24H,1-2H3,(H,27,31)/t21-,24+/m1/s1. The minimum Gasteiger partial charge on any atom is -0.497 e. The molecule has 3 aromatic carbocycles. The third-order valence-electron chi connectivity index (χ3n) is 5.81. The van der Waals surface area contributed by atoms with Crippen molar-refractivity contribution in [1.29, 1.82) is 0 Å². The van der Waals surface area contributed by atoms with Crippen LogP contribution in [0.2, 0.25) is 0 Å². The van der Waals surface area contributed by atoms with Crippen LogP contribution < -0.4 is 14.8 Å². The van der Waals surface area contributed by atoms with Crippen LogP contribution in [0.15, 0.2) is 66.7 Å². The first-order valence-corrected chi connectivity index (χ1v) is 10.9. The number of amides is 1. The molecule has 0 bridgehead atoms. The van der Waals surface area contributed by atoms with Crippen molar-refractivity contribution < 1.29 is 38.3 Å². The molecule has 0 saturated heterocycles. The van der Waals surface area contributed by atoms with E-state index in [0.717, 1.165) is 6.07 Å². The normalized spacial score (nSPS) is 14.6. The van der Waals surface area contributed by atoms with Gasteiger partial charge in [0, 0.05) is 29.3 Å². The molecule has 1 heterocycles. The molecule has 37 heavy (non-hydrogen) atoms. The van der Waals surface area contributed by atoms with E-state index in [2.05, 4.69) is 5.32 Å². The molecule has 0 fully saturated rings. The Bertz CT molecular complexity index is 1430. The minimum atomic E-state index is -1.81. The Labute approximate surface area is 210 Å². The maximum Gasteiger partial charge on any atom is 0.339 e. The van der Waals surface area contributed by atoms with Crippen LogP contribution in [0.3, 0.4) is 0 Å². The number of hydrogen-bond donors (Lipinski definition) is 1. The van der Waals surface area contributed by atoms with Crippen LogP contribution in [0, 0.1) is 16.0 Å². The van der Waals surface area contributed by atoms with Crippen molar-refractivity contribution in [3.8, 4) is 11.5 Å². The second kappa shape index (κ2) is 10.3. The second-order valence-electron chi connectivity index (χ2n) is 7.95. The van der Waals surface area contributed by atoms with Gasteiger partial charge < -0.3 is 19.5 Å². The first kappa shape index (κ1) is 25.0. The Morgan fingerprint density at radius 3 is 2.46 bits per heavy atom. The van der Waals surface area contributed by atoms with Gasteiger partial charge in [-0.05, 0) is 18.2 Å². The lowest BCUT2D eigenvalue weighted by molar-refractivity contribution is -0.384. The lowest BCUT2D eigenvalue weighted by Crippen LogP contribution is -2.38. The van der Waals surface area contributed by atoms with Crippen LogP contribution >= 0.6 is 0 Å². The number of ether oxygens (including phenoxy) is 3. The molecule has 0 aromatic heterocycles. The number of carbonyl (C=O) groups is 4. The van der Waals surface area contributed by atoms with E-state index in [9.17, 15) is 29.3 Å². The molecule has 1 N–H and O–H groups in total. The summed E-state index contributed by atoms with van der Waals surface area (Å²) >= 11 is 0. The maximum absolute atomic E-state index is 13.6. The summed E-state index contributed by atoms with van der Waals surface area (Å²) in [4.78, 5) is 63.2. The van der Waals surface area contributed by atoms with Gasteiger partial charge in [0.05, 0.1) is 30.4 Å². The van der Waals surface area contributed by atoms with Crippen molar-refractivity contribution in [2.24, 2.45) is 5.92 Å². The van der Waals surface area contributed by atoms with E-state index in [1.165, 1.54) is 56.7 Å². The van der Waals surface area contributed by atoms with Gasteiger partial charge in [-0.2, -0.15) is 0 Å². The Morgan fingerprint density at radius 2 is 1.76 bits per heavy atom. The Morgan fingerprint density at radius 1 is 1.00 bits per heavy atom. The van der Waals surface area contributed by atoms with E-state index in [-0.39, 0.29) is 33.8 Å². The average molecular weight is 504 g/mol. The summed E-state index contributed by atoms with van der Waals surface area (Å²) in [6.45, 7) is 0. The smallest absolute Gasteiger partial charge is 0.339 e. The SMILES string of the molecule is COc1ccc(OC)c(NC(=O)C(=O)[C@@H](C(=O)c2cccc([N+](=O)[O-])c2)[C@H]2OC(=O)c3ccccc32)c1. The zero-order valence-corrected chi connectivity index (χ0v) is 19.6. The van der Waals surface area contributed by atoms with Gasteiger partial charge in [0.25, 0.3) is 11.6 Å². The number of fused-ring (bicyclic) bond motifs is 1. The van der Waals surface area contributed by atoms with E-state index in [4.69, 9.17) is 14.2 Å². The number of non-ortho nitro benzene ring substituents is 1. The molecule has 4 rings (SSSR count). The van der Waals surface area contributed by atoms with Crippen molar-refractivity contribution in [2.75, 3.05) is 19.5 Å². The zero-order valence-electron chi connectivity index (χ0n) is 19.6. The number of nitrogens with one attached hydrogen (secondary N) is 1. The summed E-state index contributed by atoms with van der Waals surface area (Å²) in [6, 6.07) is 15.4. The van der Waals surface area contributed by atoms with Crippen molar-refractivity contribution in [1.82, 2.24) is 0 Å². The van der Waals surface area contributed by atoms with Gasteiger partial charge in [-0.3, -0.25) is 24.5 Å². The van der Waals surface area contributed by atoms with Gasteiger partial charge >= 0.3 is 5.97 Å². The van der Waals surface area contributed by atoms with E-state index in [1.807, 2.05) is 0 Å². The van der Waals surface area contributed by atoms with Crippen molar-refractivity contribution in [3.05, 3.63) is 93.5 Å². The third kappa shape index (κ3) is 4.87. The van der Waals surface area contributed by atoms with E-state index in [0.29, 0.717) is 5.75 Å². The van der Waals surface area contributed by atoms with Gasteiger partial charge in [0.1, 0.15) is 23.5 Å². The highest BCUT2D eigenvalue weighted by Gasteiger charge is 2.46. The molecule has 1 aliphatic rings. The van der Waals surface area contributed by atoms with Crippen molar-refractivity contribution >= 4 is 34.8 Å². The number of nitro benzene ring substituents is 1. The molecular weight excluding hydrogens is 484 g/mol. The predicted octanol–water partition coefficient (Wildman–Crippen LogP) is 3.53. The number of methoxy groups -OCH3 is 2. The Hall–Kier alpha value is -5.06. The van der Waals surface area contributed by atoms with Gasteiger partial charge in [-0.25, -0.2) is 4.79 Å². The van der Waals surface area contributed by atoms with E-state index < -0.39 is 40.4 Å². The fourth-order valence-electron chi connectivity index (χ4n) is 4.00. The number of benzene rings is 3. The summed E-state index contributed by atoms with van der Waals surface area (Å²) in [5.41, 5.74) is -0.0832. The summed E-state index contributed by atoms with van der Waals surface area (Å²) in [5.74, 6) is -5.30. The Kier molecular flexibility index (Phi) is 6.96.